The molecular formula is C14H11F3OS. The molecule has 1 nitrogen and oxygen atoms in total. The van der Waals surface area contributed by atoms with Crippen LogP contribution in [-0.2, 0) is 6.61 Å². The lowest BCUT2D eigenvalue weighted by molar-refractivity contribution is -0.0329. The fraction of sp³-hybridized carbons (Fsp3) is 0.143. The van der Waals surface area contributed by atoms with Crippen molar-refractivity contribution in [2.75, 3.05) is 0 Å². The molecule has 0 amide bonds. The number of para-hydroxylation sites is 1. The summed E-state index contributed by atoms with van der Waals surface area (Å²) in [5.41, 5.74) is -3.40. The molecule has 0 fully saturated rings. The van der Waals surface area contributed by atoms with Crippen molar-refractivity contribution in [1.29, 1.82) is 0 Å². The number of halogens is 3. The highest BCUT2D eigenvalue weighted by Crippen LogP contribution is 2.41. The number of benzene rings is 2. The van der Waals surface area contributed by atoms with Gasteiger partial charge in [0.25, 0.3) is 0 Å². The van der Waals surface area contributed by atoms with E-state index in [0.29, 0.717) is 0 Å². The summed E-state index contributed by atoms with van der Waals surface area (Å²) in [6.07, 6.45) is 0. The van der Waals surface area contributed by atoms with E-state index in [4.69, 9.17) is 4.74 Å². The number of ether oxygens (including phenoxy) is 1. The fourth-order valence-electron chi connectivity index (χ4n) is 1.51. The zero-order chi connectivity index (χ0) is 13.7. The summed E-state index contributed by atoms with van der Waals surface area (Å²) in [6.45, 7) is 0.246. The van der Waals surface area contributed by atoms with Crippen LogP contribution < -0.4 is 4.74 Å². The molecule has 0 aliphatic rings. The topological polar surface area (TPSA) is 9.23 Å². The van der Waals surface area contributed by atoms with Crippen molar-refractivity contribution < 1.29 is 17.9 Å². The van der Waals surface area contributed by atoms with E-state index in [1.165, 1.54) is 12.1 Å². The molecule has 2 aromatic carbocycles. The molecule has 0 spiro atoms. The Bertz CT molecular complexity index is 526. The van der Waals surface area contributed by atoms with Gasteiger partial charge < -0.3 is 4.74 Å². The lowest BCUT2D eigenvalue weighted by atomic mass is 10.2. The average Bonchev–Trinajstić information content (AvgIpc) is 2.37. The minimum Gasteiger partial charge on any atom is -0.488 e. The van der Waals surface area contributed by atoms with Gasteiger partial charge >= 0.3 is 5.51 Å². The first-order chi connectivity index (χ1) is 9.04. The average molecular weight is 284 g/mol. The highest BCUT2D eigenvalue weighted by Gasteiger charge is 2.30. The van der Waals surface area contributed by atoms with Crippen LogP contribution in [0.5, 0.6) is 5.75 Å². The summed E-state index contributed by atoms with van der Waals surface area (Å²) in [7, 11) is 0. The van der Waals surface area contributed by atoms with E-state index < -0.39 is 5.51 Å². The molecule has 0 saturated carbocycles. The maximum absolute atomic E-state index is 12.4. The van der Waals surface area contributed by atoms with Crippen LogP contribution in [0.1, 0.15) is 5.56 Å². The summed E-state index contributed by atoms with van der Waals surface area (Å²) in [6, 6.07) is 15.5. The normalized spacial score (nSPS) is 11.3. The highest BCUT2D eigenvalue weighted by atomic mass is 32.2. The Morgan fingerprint density at radius 3 is 2.21 bits per heavy atom. The van der Waals surface area contributed by atoms with Crippen molar-refractivity contribution >= 4 is 11.8 Å². The Kier molecular flexibility index (Phi) is 4.37. The zero-order valence-electron chi connectivity index (χ0n) is 9.85. The van der Waals surface area contributed by atoms with Crippen molar-refractivity contribution in [3.05, 3.63) is 60.2 Å². The molecule has 0 unspecified atom stereocenters. The van der Waals surface area contributed by atoms with Gasteiger partial charge in [-0.25, -0.2) is 0 Å². The van der Waals surface area contributed by atoms with Crippen LogP contribution in [0, 0.1) is 0 Å². The second kappa shape index (κ2) is 6.02. The van der Waals surface area contributed by atoms with Gasteiger partial charge in [0.2, 0.25) is 0 Å². The first-order valence-corrected chi connectivity index (χ1v) is 6.38. The van der Waals surface area contributed by atoms with E-state index in [1.807, 2.05) is 30.3 Å². The Labute approximate surface area is 113 Å². The van der Waals surface area contributed by atoms with Gasteiger partial charge in [-0.2, -0.15) is 13.2 Å². The predicted molar refractivity (Wildman–Crippen MR) is 69.1 cm³/mol. The van der Waals surface area contributed by atoms with Crippen LogP contribution in [0.3, 0.4) is 0 Å². The molecule has 2 aromatic rings. The monoisotopic (exact) mass is 284 g/mol. The molecule has 0 aliphatic carbocycles. The van der Waals surface area contributed by atoms with Crippen molar-refractivity contribution in [1.82, 2.24) is 0 Å². The lowest BCUT2D eigenvalue weighted by Crippen LogP contribution is -2.01. The Balaban J connectivity index is 2.08. The molecule has 0 radical (unpaired) electrons. The van der Waals surface area contributed by atoms with Gasteiger partial charge in [-0.05, 0) is 29.5 Å². The van der Waals surface area contributed by atoms with Crippen LogP contribution >= 0.6 is 11.8 Å². The third-order valence-electron chi connectivity index (χ3n) is 2.31. The van der Waals surface area contributed by atoms with Gasteiger partial charge in [-0.15, -0.1) is 0 Å². The second-order valence-corrected chi connectivity index (χ2v) is 4.88. The summed E-state index contributed by atoms with van der Waals surface area (Å²) >= 11 is -0.162. The first-order valence-electron chi connectivity index (χ1n) is 5.56. The molecule has 0 aliphatic heterocycles. The fourth-order valence-corrected chi connectivity index (χ4v) is 2.14. The standard InChI is InChI=1S/C14H11F3OS/c15-14(16,17)19-13-9-5-4-8-12(13)18-10-11-6-2-1-3-7-11/h1-9H,10H2. The summed E-state index contributed by atoms with van der Waals surface area (Å²) in [4.78, 5) is 0.0749. The van der Waals surface area contributed by atoms with Crippen molar-refractivity contribution in [2.24, 2.45) is 0 Å². The molecule has 0 bridgehead atoms. The number of thioether (sulfide) groups is 1. The summed E-state index contributed by atoms with van der Waals surface area (Å²) < 4.78 is 42.6. The molecule has 0 atom stereocenters. The van der Waals surface area contributed by atoms with Crippen LogP contribution in [0.4, 0.5) is 13.2 Å². The van der Waals surface area contributed by atoms with Crippen molar-refractivity contribution in [3.8, 4) is 5.75 Å². The number of hydrogen-bond acceptors (Lipinski definition) is 2. The van der Waals surface area contributed by atoms with Crippen LogP contribution in [0.15, 0.2) is 59.5 Å². The maximum atomic E-state index is 12.4. The molecule has 0 aromatic heterocycles. The Morgan fingerprint density at radius 2 is 1.53 bits per heavy atom. The molecule has 0 N–H and O–H groups in total. The van der Waals surface area contributed by atoms with E-state index in [-0.39, 0.29) is 29.0 Å². The van der Waals surface area contributed by atoms with Crippen LogP contribution in [-0.4, -0.2) is 5.51 Å². The maximum Gasteiger partial charge on any atom is 0.446 e. The van der Waals surface area contributed by atoms with Crippen molar-refractivity contribution in [2.45, 2.75) is 17.0 Å². The number of alkyl halides is 3. The highest BCUT2D eigenvalue weighted by molar-refractivity contribution is 8.00. The van der Waals surface area contributed by atoms with Gasteiger partial charge in [0.05, 0.1) is 4.90 Å². The van der Waals surface area contributed by atoms with Crippen molar-refractivity contribution in [3.63, 3.8) is 0 Å². The molecule has 100 valence electrons. The molecule has 5 heteroatoms. The van der Waals surface area contributed by atoms with Gasteiger partial charge in [-0.3, -0.25) is 0 Å². The number of rotatable bonds is 4. The van der Waals surface area contributed by atoms with Gasteiger partial charge in [0, 0.05) is 0 Å². The molecular weight excluding hydrogens is 273 g/mol. The Hall–Kier alpha value is -1.62. The minimum absolute atomic E-state index is 0.0749. The minimum atomic E-state index is -4.31. The first kappa shape index (κ1) is 13.8. The second-order valence-electron chi connectivity index (χ2n) is 3.77. The Morgan fingerprint density at radius 1 is 0.895 bits per heavy atom. The SMILES string of the molecule is FC(F)(F)Sc1ccccc1OCc1ccccc1. The smallest absolute Gasteiger partial charge is 0.446 e. The zero-order valence-corrected chi connectivity index (χ0v) is 10.7. The van der Waals surface area contributed by atoms with Gasteiger partial charge in [-0.1, -0.05) is 42.5 Å². The third kappa shape index (κ3) is 4.52. The van der Waals surface area contributed by atoms with E-state index in [2.05, 4.69) is 0 Å². The third-order valence-corrected chi connectivity index (χ3v) is 3.10. The van der Waals surface area contributed by atoms with Gasteiger partial charge in [0.1, 0.15) is 12.4 Å². The van der Waals surface area contributed by atoms with E-state index in [1.54, 1.807) is 12.1 Å². The van der Waals surface area contributed by atoms with Gasteiger partial charge in [0.15, 0.2) is 0 Å². The molecule has 0 saturated heterocycles. The van der Waals surface area contributed by atoms with Crippen LogP contribution in [0.2, 0.25) is 0 Å². The predicted octanol–water partition coefficient (Wildman–Crippen LogP) is 4.88. The molecule has 19 heavy (non-hydrogen) atoms. The number of hydrogen-bond donors (Lipinski definition) is 0. The quantitative estimate of drug-likeness (QED) is 0.740. The molecule has 2 rings (SSSR count). The van der Waals surface area contributed by atoms with E-state index in [9.17, 15) is 13.2 Å². The van der Waals surface area contributed by atoms with E-state index >= 15 is 0 Å². The summed E-state index contributed by atoms with van der Waals surface area (Å²) in [5, 5.41) is 0. The lowest BCUT2D eigenvalue weighted by Gasteiger charge is -2.12. The van der Waals surface area contributed by atoms with E-state index in [0.717, 1.165) is 5.56 Å². The molecule has 0 heterocycles. The van der Waals surface area contributed by atoms with Crippen LogP contribution in [0.25, 0.3) is 0 Å². The summed E-state index contributed by atoms with van der Waals surface area (Å²) in [5.74, 6) is 0.244. The largest absolute Gasteiger partial charge is 0.488 e.